The summed E-state index contributed by atoms with van der Waals surface area (Å²) >= 11 is 0. The summed E-state index contributed by atoms with van der Waals surface area (Å²) < 4.78 is 0. The van der Waals surface area contributed by atoms with Gasteiger partial charge in [-0.3, -0.25) is 4.98 Å². The molecule has 0 bridgehead atoms. The van der Waals surface area contributed by atoms with E-state index in [0.717, 1.165) is 17.9 Å². The van der Waals surface area contributed by atoms with Crippen LogP contribution in [-0.2, 0) is 0 Å². The Balaban J connectivity index is 2.02. The summed E-state index contributed by atoms with van der Waals surface area (Å²) in [5.74, 6) is 0.983. The minimum absolute atomic E-state index is 0.0386. The molecule has 3 N–H and O–H groups in total. The Kier molecular flexibility index (Phi) is 2.68. The molecule has 1 heterocycles. The van der Waals surface area contributed by atoms with Crippen molar-refractivity contribution in [2.45, 2.75) is 31.7 Å². The molecule has 3 nitrogen and oxygen atoms in total. The van der Waals surface area contributed by atoms with Crippen LogP contribution in [0.5, 0.6) is 5.75 Å². The molecule has 0 amide bonds. The average molecular weight is 192 g/mol. The van der Waals surface area contributed by atoms with E-state index in [1.165, 1.54) is 25.5 Å². The van der Waals surface area contributed by atoms with Crippen LogP contribution in [0.3, 0.4) is 0 Å². The van der Waals surface area contributed by atoms with Crippen molar-refractivity contribution in [2.75, 3.05) is 0 Å². The summed E-state index contributed by atoms with van der Waals surface area (Å²) in [4.78, 5) is 3.84. The predicted molar refractivity (Wildman–Crippen MR) is 54.8 cm³/mol. The van der Waals surface area contributed by atoms with E-state index in [0.29, 0.717) is 0 Å². The molecule has 0 saturated heterocycles. The highest BCUT2D eigenvalue weighted by Crippen LogP contribution is 2.35. The molecule has 0 aromatic carbocycles. The molecule has 1 aromatic rings. The molecular weight excluding hydrogens is 176 g/mol. The Hall–Kier alpha value is -1.09. The second-order valence-corrected chi connectivity index (χ2v) is 4.07. The number of hydrogen-bond donors (Lipinski definition) is 2. The lowest BCUT2D eigenvalue weighted by atomic mass is 9.80. The molecule has 1 unspecified atom stereocenters. The first-order valence-corrected chi connectivity index (χ1v) is 5.16. The van der Waals surface area contributed by atoms with Gasteiger partial charge in [0, 0.05) is 17.8 Å². The van der Waals surface area contributed by atoms with Crippen LogP contribution in [0.25, 0.3) is 0 Å². The molecule has 0 spiro atoms. The highest BCUT2D eigenvalue weighted by atomic mass is 16.3. The molecule has 1 atom stereocenters. The summed E-state index contributed by atoms with van der Waals surface area (Å²) in [6, 6.07) is 1.77. The van der Waals surface area contributed by atoms with Crippen molar-refractivity contribution in [3.05, 3.63) is 24.0 Å². The molecule has 76 valence electrons. The van der Waals surface area contributed by atoms with Gasteiger partial charge >= 0.3 is 0 Å². The summed E-state index contributed by atoms with van der Waals surface area (Å²) in [6.07, 6.45) is 8.03. The number of aromatic hydroxyl groups is 1. The molecular formula is C11H16N2O. The maximum atomic E-state index is 9.54. The Morgan fingerprint density at radius 3 is 2.93 bits per heavy atom. The van der Waals surface area contributed by atoms with Gasteiger partial charge < -0.3 is 10.8 Å². The number of nitrogens with two attached hydrogens (primary N) is 1. The van der Waals surface area contributed by atoms with Crippen molar-refractivity contribution in [3.8, 4) is 5.75 Å². The molecule has 1 saturated carbocycles. The normalized spacial score (nSPS) is 18.9. The van der Waals surface area contributed by atoms with Gasteiger partial charge in [0.25, 0.3) is 0 Å². The van der Waals surface area contributed by atoms with Crippen LogP contribution in [0.4, 0.5) is 0 Å². The number of nitrogens with zero attached hydrogens (tertiary/aromatic N) is 1. The van der Waals surface area contributed by atoms with Crippen LogP contribution < -0.4 is 5.73 Å². The summed E-state index contributed by atoms with van der Waals surface area (Å²) in [6.45, 7) is 0. The van der Waals surface area contributed by atoms with Crippen molar-refractivity contribution < 1.29 is 5.11 Å². The number of pyridine rings is 1. The van der Waals surface area contributed by atoms with E-state index in [9.17, 15) is 5.11 Å². The van der Waals surface area contributed by atoms with Gasteiger partial charge in [-0.15, -0.1) is 0 Å². The molecule has 14 heavy (non-hydrogen) atoms. The standard InChI is InChI=1S/C11H16N2O/c12-10(6-8-2-1-3-8)9-4-5-13-7-11(9)14/h4-5,7-8,10,14H,1-3,6,12H2. The van der Waals surface area contributed by atoms with Gasteiger partial charge in [-0.25, -0.2) is 0 Å². The lowest BCUT2D eigenvalue weighted by Gasteiger charge is -2.28. The molecule has 3 heteroatoms. The number of hydrogen-bond acceptors (Lipinski definition) is 3. The van der Waals surface area contributed by atoms with Crippen LogP contribution in [0.2, 0.25) is 0 Å². The third-order valence-electron chi connectivity index (χ3n) is 3.04. The third-order valence-corrected chi connectivity index (χ3v) is 3.04. The smallest absolute Gasteiger partial charge is 0.138 e. The fourth-order valence-corrected chi connectivity index (χ4v) is 1.93. The highest BCUT2D eigenvalue weighted by molar-refractivity contribution is 5.31. The van der Waals surface area contributed by atoms with Crippen molar-refractivity contribution in [3.63, 3.8) is 0 Å². The Labute approximate surface area is 84.0 Å². The van der Waals surface area contributed by atoms with E-state index in [1.807, 2.05) is 0 Å². The van der Waals surface area contributed by atoms with Gasteiger partial charge in [-0.05, 0) is 18.4 Å². The number of rotatable bonds is 3. The van der Waals surface area contributed by atoms with E-state index in [2.05, 4.69) is 4.98 Å². The number of aromatic nitrogens is 1. The van der Waals surface area contributed by atoms with Crippen LogP contribution in [0.15, 0.2) is 18.5 Å². The second kappa shape index (κ2) is 3.96. The SMILES string of the molecule is NC(CC1CCC1)c1ccncc1O. The lowest BCUT2D eigenvalue weighted by molar-refractivity contribution is 0.275. The lowest BCUT2D eigenvalue weighted by Crippen LogP contribution is -2.20. The Morgan fingerprint density at radius 1 is 1.57 bits per heavy atom. The zero-order valence-electron chi connectivity index (χ0n) is 8.19. The molecule has 2 rings (SSSR count). The second-order valence-electron chi connectivity index (χ2n) is 4.07. The summed E-state index contributed by atoms with van der Waals surface area (Å²) in [5, 5.41) is 9.54. The quantitative estimate of drug-likeness (QED) is 0.769. The van der Waals surface area contributed by atoms with E-state index >= 15 is 0 Å². The fraction of sp³-hybridized carbons (Fsp3) is 0.545. The maximum Gasteiger partial charge on any atom is 0.138 e. The van der Waals surface area contributed by atoms with Gasteiger partial charge in [-0.1, -0.05) is 19.3 Å². The zero-order chi connectivity index (χ0) is 9.97. The van der Waals surface area contributed by atoms with E-state index < -0.39 is 0 Å². The van der Waals surface area contributed by atoms with E-state index in [1.54, 1.807) is 12.3 Å². The first kappa shape index (κ1) is 9.46. The highest BCUT2D eigenvalue weighted by Gasteiger charge is 2.22. The van der Waals surface area contributed by atoms with Gasteiger partial charge in [-0.2, -0.15) is 0 Å². The molecule has 1 aromatic heterocycles. The topological polar surface area (TPSA) is 59.1 Å². The summed E-state index contributed by atoms with van der Waals surface area (Å²) in [5.41, 5.74) is 6.84. The van der Waals surface area contributed by atoms with Crippen LogP contribution >= 0.6 is 0 Å². The predicted octanol–water partition coefficient (Wildman–Crippen LogP) is 1.98. The molecule has 0 radical (unpaired) electrons. The minimum atomic E-state index is -0.0386. The van der Waals surface area contributed by atoms with Crippen molar-refractivity contribution in [2.24, 2.45) is 11.7 Å². The van der Waals surface area contributed by atoms with E-state index in [4.69, 9.17) is 5.73 Å². The molecule has 1 fully saturated rings. The van der Waals surface area contributed by atoms with E-state index in [-0.39, 0.29) is 11.8 Å². The maximum absolute atomic E-state index is 9.54. The third kappa shape index (κ3) is 1.87. The van der Waals surface area contributed by atoms with Crippen molar-refractivity contribution >= 4 is 0 Å². The molecule has 1 aliphatic carbocycles. The zero-order valence-corrected chi connectivity index (χ0v) is 8.19. The molecule has 0 aliphatic heterocycles. The largest absolute Gasteiger partial charge is 0.506 e. The Morgan fingerprint density at radius 2 is 2.36 bits per heavy atom. The van der Waals surface area contributed by atoms with Gasteiger partial charge in [0.2, 0.25) is 0 Å². The van der Waals surface area contributed by atoms with Crippen molar-refractivity contribution in [1.82, 2.24) is 4.98 Å². The monoisotopic (exact) mass is 192 g/mol. The summed E-state index contributed by atoms with van der Waals surface area (Å²) in [7, 11) is 0. The molecule has 1 aliphatic rings. The van der Waals surface area contributed by atoms with Crippen molar-refractivity contribution in [1.29, 1.82) is 0 Å². The average Bonchev–Trinajstić information content (AvgIpc) is 2.12. The van der Waals surface area contributed by atoms with Gasteiger partial charge in [0.15, 0.2) is 0 Å². The Bertz CT molecular complexity index is 310. The first-order chi connectivity index (χ1) is 6.77. The first-order valence-electron chi connectivity index (χ1n) is 5.16. The van der Waals surface area contributed by atoms with Gasteiger partial charge in [0.1, 0.15) is 5.75 Å². The van der Waals surface area contributed by atoms with Crippen LogP contribution in [-0.4, -0.2) is 10.1 Å². The van der Waals surface area contributed by atoms with Crippen LogP contribution in [0, 0.1) is 5.92 Å². The van der Waals surface area contributed by atoms with Gasteiger partial charge in [0.05, 0.1) is 6.20 Å². The minimum Gasteiger partial charge on any atom is -0.506 e. The van der Waals surface area contributed by atoms with Crippen LogP contribution in [0.1, 0.15) is 37.3 Å². The fourth-order valence-electron chi connectivity index (χ4n) is 1.93.